The van der Waals surface area contributed by atoms with E-state index in [1.165, 1.54) is 37.8 Å². The van der Waals surface area contributed by atoms with Gasteiger partial charge in [0.1, 0.15) is 6.07 Å². The van der Waals surface area contributed by atoms with Gasteiger partial charge in [0, 0.05) is 29.4 Å². The third-order valence-corrected chi connectivity index (χ3v) is 8.73. The standard InChI is InChI=1S/C27H25ClN6O4S/c1-16-6-8-21(9-7-16)39(36,37)34-15-23(22-11-19(28)14-30-25(22)34)24-18(12-29)13-31-27(33-24)32-20-5-3-4-17(10-20)26(35)38-2/h6-9,11,13-15,17,20H,3-5,10H2,1-2H3,(H,31,32,33)/t17-,20+/m1/s1. The van der Waals surface area contributed by atoms with E-state index in [-0.39, 0.29) is 45.7 Å². The van der Waals surface area contributed by atoms with E-state index in [1.54, 1.807) is 18.2 Å². The molecule has 3 heterocycles. The van der Waals surface area contributed by atoms with Crippen molar-refractivity contribution in [2.45, 2.75) is 43.5 Å². The Morgan fingerprint density at radius 1 is 1.21 bits per heavy atom. The fraction of sp³-hybridized carbons (Fsp3) is 0.296. The number of nitrogens with one attached hydrogen (secondary N) is 1. The number of ether oxygens (including phenoxy) is 1. The van der Waals surface area contributed by atoms with E-state index in [0.717, 1.165) is 28.8 Å². The molecule has 0 radical (unpaired) electrons. The normalized spacial score (nSPS) is 17.5. The highest BCUT2D eigenvalue weighted by Crippen LogP contribution is 2.35. The zero-order chi connectivity index (χ0) is 27.7. The first-order valence-corrected chi connectivity index (χ1v) is 14.1. The fourth-order valence-electron chi connectivity index (χ4n) is 4.87. The molecule has 4 aromatic rings. The number of hydrogen-bond donors (Lipinski definition) is 1. The number of fused-ring (bicyclic) bond motifs is 1. The summed E-state index contributed by atoms with van der Waals surface area (Å²) in [5, 5.41) is 13.8. The van der Waals surface area contributed by atoms with E-state index >= 15 is 0 Å². The SMILES string of the molecule is COC(=O)[C@@H]1CCC[C@H](Nc2ncc(C#N)c(-c3cn(S(=O)(=O)c4ccc(C)cc4)c4ncc(Cl)cc34)n2)C1. The van der Waals surface area contributed by atoms with Crippen LogP contribution in [0.15, 0.2) is 53.8 Å². The number of anilines is 1. The molecule has 1 aliphatic rings. The molecule has 0 unspecified atom stereocenters. The highest BCUT2D eigenvalue weighted by atomic mass is 35.5. The Hall–Kier alpha value is -4.01. The van der Waals surface area contributed by atoms with Gasteiger partial charge in [-0.05, 0) is 44.4 Å². The molecule has 12 heteroatoms. The maximum absolute atomic E-state index is 13.6. The number of esters is 1. The quantitative estimate of drug-likeness (QED) is 0.330. The maximum Gasteiger partial charge on any atom is 0.308 e. The maximum atomic E-state index is 13.6. The summed E-state index contributed by atoms with van der Waals surface area (Å²) in [6.07, 6.45) is 7.15. The molecule has 0 bridgehead atoms. The van der Waals surface area contributed by atoms with Gasteiger partial charge in [-0.1, -0.05) is 35.7 Å². The Balaban J connectivity index is 1.59. The van der Waals surface area contributed by atoms with Gasteiger partial charge in [-0.25, -0.2) is 27.3 Å². The zero-order valence-corrected chi connectivity index (χ0v) is 22.8. The summed E-state index contributed by atoms with van der Waals surface area (Å²) in [6.45, 7) is 1.87. The highest BCUT2D eigenvalue weighted by Gasteiger charge is 2.29. The van der Waals surface area contributed by atoms with Crippen LogP contribution in [0.25, 0.3) is 22.3 Å². The molecule has 39 heavy (non-hydrogen) atoms. The lowest BCUT2D eigenvalue weighted by molar-refractivity contribution is -0.146. The second kappa shape index (κ2) is 10.6. The molecule has 2 atom stereocenters. The summed E-state index contributed by atoms with van der Waals surface area (Å²) >= 11 is 6.25. The van der Waals surface area contributed by atoms with Crippen LogP contribution < -0.4 is 5.32 Å². The Morgan fingerprint density at radius 2 is 1.97 bits per heavy atom. The Morgan fingerprint density at radius 3 is 2.69 bits per heavy atom. The summed E-state index contributed by atoms with van der Waals surface area (Å²) < 4.78 is 33.2. The van der Waals surface area contributed by atoms with Crippen LogP contribution in [0.4, 0.5) is 5.95 Å². The molecule has 0 saturated heterocycles. The van der Waals surface area contributed by atoms with Crippen LogP contribution in [-0.2, 0) is 19.6 Å². The Kier molecular flexibility index (Phi) is 7.25. The van der Waals surface area contributed by atoms with E-state index < -0.39 is 10.0 Å². The lowest BCUT2D eigenvalue weighted by Crippen LogP contribution is -2.32. The number of aromatic nitrogens is 4. The Labute approximate surface area is 230 Å². The van der Waals surface area contributed by atoms with Gasteiger partial charge in [-0.2, -0.15) is 5.26 Å². The molecule has 1 aliphatic carbocycles. The monoisotopic (exact) mass is 564 g/mol. The van der Waals surface area contributed by atoms with Gasteiger partial charge >= 0.3 is 5.97 Å². The molecular formula is C27H25ClN6O4S. The smallest absolute Gasteiger partial charge is 0.308 e. The number of rotatable bonds is 6. The van der Waals surface area contributed by atoms with E-state index in [1.807, 2.05) is 6.92 Å². The second-order valence-electron chi connectivity index (χ2n) is 9.48. The van der Waals surface area contributed by atoms with Crippen molar-refractivity contribution >= 4 is 44.6 Å². The number of hydrogen-bond acceptors (Lipinski definition) is 9. The van der Waals surface area contributed by atoms with Crippen LogP contribution in [0.2, 0.25) is 5.02 Å². The van der Waals surface area contributed by atoms with Gasteiger partial charge in [-0.3, -0.25) is 4.79 Å². The summed E-state index contributed by atoms with van der Waals surface area (Å²) in [5.74, 6) is -0.191. The number of nitrogens with zero attached hydrogens (tertiary/aromatic N) is 5. The third-order valence-electron chi connectivity index (χ3n) is 6.86. The van der Waals surface area contributed by atoms with Gasteiger partial charge < -0.3 is 10.1 Å². The van der Waals surface area contributed by atoms with Crippen molar-refractivity contribution in [1.29, 1.82) is 5.26 Å². The van der Waals surface area contributed by atoms with Crippen LogP contribution >= 0.6 is 11.6 Å². The first kappa shape index (κ1) is 26.6. The van der Waals surface area contributed by atoms with E-state index in [4.69, 9.17) is 16.3 Å². The molecule has 1 aromatic carbocycles. The lowest BCUT2D eigenvalue weighted by atomic mass is 9.86. The number of carbonyl (C=O) groups is 1. The van der Waals surface area contributed by atoms with Crippen molar-refractivity contribution in [1.82, 2.24) is 18.9 Å². The van der Waals surface area contributed by atoms with Gasteiger partial charge in [0.2, 0.25) is 5.95 Å². The minimum Gasteiger partial charge on any atom is -0.469 e. The van der Waals surface area contributed by atoms with Gasteiger partial charge in [0.15, 0.2) is 5.65 Å². The van der Waals surface area contributed by atoms with Crippen LogP contribution in [0, 0.1) is 24.2 Å². The number of carbonyl (C=O) groups excluding carboxylic acids is 1. The van der Waals surface area contributed by atoms with Gasteiger partial charge in [0.05, 0.1) is 40.4 Å². The first-order valence-electron chi connectivity index (χ1n) is 12.3. The molecule has 1 N–H and O–H groups in total. The second-order valence-corrected chi connectivity index (χ2v) is 11.7. The average molecular weight is 565 g/mol. The van der Waals surface area contributed by atoms with Crippen LogP contribution in [0.5, 0.6) is 0 Å². The largest absolute Gasteiger partial charge is 0.469 e. The third kappa shape index (κ3) is 5.17. The predicted octanol–water partition coefficient (Wildman–Crippen LogP) is 4.71. The summed E-state index contributed by atoms with van der Waals surface area (Å²) in [6, 6.07) is 10.1. The summed E-state index contributed by atoms with van der Waals surface area (Å²) in [4.78, 5) is 25.4. The van der Waals surface area contributed by atoms with Crippen molar-refractivity contribution in [3.63, 3.8) is 0 Å². The highest BCUT2D eigenvalue weighted by molar-refractivity contribution is 7.90. The average Bonchev–Trinajstić information content (AvgIpc) is 3.32. The van der Waals surface area contributed by atoms with E-state index in [9.17, 15) is 18.5 Å². The molecule has 0 aliphatic heterocycles. The zero-order valence-electron chi connectivity index (χ0n) is 21.3. The molecule has 1 saturated carbocycles. The van der Waals surface area contributed by atoms with Crippen molar-refractivity contribution in [3.8, 4) is 17.3 Å². The molecule has 5 rings (SSSR count). The van der Waals surface area contributed by atoms with E-state index in [2.05, 4.69) is 26.3 Å². The summed E-state index contributed by atoms with van der Waals surface area (Å²) in [7, 11) is -2.65. The molecular weight excluding hydrogens is 540 g/mol. The molecule has 10 nitrogen and oxygen atoms in total. The van der Waals surface area contributed by atoms with Crippen LogP contribution in [-0.4, -0.2) is 46.5 Å². The van der Waals surface area contributed by atoms with Crippen molar-refractivity contribution < 1.29 is 17.9 Å². The number of halogens is 1. The van der Waals surface area contributed by atoms with E-state index in [0.29, 0.717) is 22.4 Å². The molecule has 0 amide bonds. The lowest BCUT2D eigenvalue weighted by Gasteiger charge is -2.28. The summed E-state index contributed by atoms with van der Waals surface area (Å²) in [5.41, 5.74) is 1.84. The Bertz CT molecular complexity index is 1710. The number of pyridine rings is 1. The molecule has 0 spiro atoms. The molecule has 200 valence electrons. The van der Waals surface area contributed by atoms with Gasteiger partial charge in [0.25, 0.3) is 10.0 Å². The number of benzene rings is 1. The van der Waals surface area contributed by atoms with Crippen LogP contribution in [0.1, 0.15) is 36.8 Å². The van der Waals surface area contributed by atoms with Crippen molar-refractivity contribution in [2.24, 2.45) is 5.92 Å². The number of aryl methyl sites for hydroxylation is 1. The van der Waals surface area contributed by atoms with Crippen molar-refractivity contribution in [3.05, 3.63) is 65.1 Å². The van der Waals surface area contributed by atoms with Gasteiger partial charge in [-0.15, -0.1) is 0 Å². The first-order chi connectivity index (χ1) is 18.7. The molecule has 3 aromatic heterocycles. The molecule has 1 fully saturated rings. The minimum atomic E-state index is -4.03. The minimum absolute atomic E-state index is 0.0667. The predicted molar refractivity (Wildman–Crippen MR) is 146 cm³/mol. The number of methoxy groups -OCH3 is 1. The topological polar surface area (TPSA) is 140 Å². The van der Waals surface area contributed by atoms with Crippen LogP contribution in [0.3, 0.4) is 0 Å². The van der Waals surface area contributed by atoms with Crippen molar-refractivity contribution in [2.75, 3.05) is 12.4 Å². The number of nitriles is 1. The fourth-order valence-corrected chi connectivity index (χ4v) is 6.35.